The molecule has 20 heavy (non-hydrogen) atoms. The summed E-state index contributed by atoms with van der Waals surface area (Å²) in [5, 5.41) is 0. The second-order valence-electron chi connectivity index (χ2n) is 4.05. The number of aromatic nitrogens is 1. The first-order valence-corrected chi connectivity index (χ1v) is 9.58. The molecule has 2 aromatic rings. The standard InChI is InChI=1S/C11H9Br2ClN2O2S2/c1-5-3-7(12)9(8(13)4-5)16-20(17,18)10-6(2)15-11(14)19-10/h3-4,16H,1-2H3. The Morgan fingerprint density at radius 1 is 1.25 bits per heavy atom. The van der Waals surface area contributed by atoms with Crippen molar-refractivity contribution in [3.8, 4) is 0 Å². The van der Waals surface area contributed by atoms with Crippen molar-refractivity contribution < 1.29 is 8.42 Å². The number of thiazole rings is 1. The molecule has 0 saturated carbocycles. The molecule has 0 aliphatic heterocycles. The van der Waals surface area contributed by atoms with E-state index in [2.05, 4.69) is 41.6 Å². The molecule has 9 heteroatoms. The summed E-state index contributed by atoms with van der Waals surface area (Å²) in [5.74, 6) is 0. The SMILES string of the molecule is Cc1cc(Br)c(NS(=O)(=O)c2sc(Cl)nc2C)c(Br)c1. The summed E-state index contributed by atoms with van der Waals surface area (Å²) in [6, 6.07) is 3.66. The number of benzene rings is 1. The molecular weight excluding hydrogens is 452 g/mol. The van der Waals surface area contributed by atoms with Gasteiger partial charge in [0.25, 0.3) is 10.0 Å². The van der Waals surface area contributed by atoms with Crippen LogP contribution in [0.1, 0.15) is 11.3 Å². The first kappa shape index (κ1) is 16.2. The zero-order chi connectivity index (χ0) is 15.1. The van der Waals surface area contributed by atoms with Crippen LogP contribution in [0.5, 0.6) is 0 Å². The van der Waals surface area contributed by atoms with Gasteiger partial charge in [0.05, 0.1) is 11.4 Å². The van der Waals surface area contributed by atoms with Crippen LogP contribution in [0, 0.1) is 13.8 Å². The number of anilines is 1. The van der Waals surface area contributed by atoms with E-state index >= 15 is 0 Å². The predicted octanol–water partition coefficient (Wildman–Crippen LogP) is 4.74. The number of hydrogen-bond acceptors (Lipinski definition) is 4. The van der Waals surface area contributed by atoms with Crippen LogP contribution < -0.4 is 4.72 Å². The van der Waals surface area contributed by atoms with Crippen LogP contribution in [-0.4, -0.2) is 13.4 Å². The minimum absolute atomic E-state index is 0.113. The molecule has 0 radical (unpaired) electrons. The number of nitrogens with one attached hydrogen (secondary N) is 1. The molecule has 0 bridgehead atoms. The molecule has 0 amide bonds. The maximum Gasteiger partial charge on any atom is 0.273 e. The Morgan fingerprint density at radius 2 is 1.80 bits per heavy atom. The summed E-state index contributed by atoms with van der Waals surface area (Å²) in [5.41, 5.74) is 1.83. The third-order valence-corrected chi connectivity index (χ3v) is 6.87. The second-order valence-corrected chi connectivity index (χ2v) is 9.22. The van der Waals surface area contributed by atoms with Crippen LogP contribution in [0.4, 0.5) is 5.69 Å². The molecule has 2 rings (SSSR count). The highest BCUT2D eigenvalue weighted by molar-refractivity contribution is 9.11. The van der Waals surface area contributed by atoms with Crippen molar-refractivity contribution in [3.05, 3.63) is 36.8 Å². The van der Waals surface area contributed by atoms with Gasteiger partial charge in [0.15, 0.2) is 8.68 Å². The summed E-state index contributed by atoms with van der Waals surface area (Å²) < 4.78 is 28.9. The van der Waals surface area contributed by atoms with E-state index in [9.17, 15) is 8.42 Å². The van der Waals surface area contributed by atoms with Crippen LogP contribution in [0.2, 0.25) is 4.47 Å². The lowest BCUT2D eigenvalue weighted by molar-refractivity contribution is 0.602. The summed E-state index contributed by atoms with van der Waals surface area (Å²) in [7, 11) is -3.72. The van der Waals surface area contributed by atoms with E-state index in [4.69, 9.17) is 11.6 Å². The van der Waals surface area contributed by atoms with Crippen molar-refractivity contribution in [1.82, 2.24) is 4.98 Å². The average Bonchev–Trinajstić information content (AvgIpc) is 2.64. The second kappa shape index (κ2) is 5.92. The van der Waals surface area contributed by atoms with Gasteiger partial charge in [0.1, 0.15) is 0 Å². The quantitative estimate of drug-likeness (QED) is 0.720. The van der Waals surface area contributed by atoms with E-state index in [0.717, 1.165) is 16.9 Å². The maximum atomic E-state index is 12.4. The summed E-state index contributed by atoms with van der Waals surface area (Å²) in [6.45, 7) is 3.52. The molecule has 4 nitrogen and oxygen atoms in total. The monoisotopic (exact) mass is 458 g/mol. The molecule has 1 N–H and O–H groups in total. The number of nitrogens with zero attached hydrogens (tertiary/aromatic N) is 1. The van der Waals surface area contributed by atoms with E-state index in [1.54, 1.807) is 6.92 Å². The molecule has 1 heterocycles. The zero-order valence-electron chi connectivity index (χ0n) is 10.4. The van der Waals surface area contributed by atoms with Crippen molar-refractivity contribution in [3.63, 3.8) is 0 Å². The van der Waals surface area contributed by atoms with E-state index in [0.29, 0.717) is 20.3 Å². The Morgan fingerprint density at radius 3 is 2.25 bits per heavy atom. The fraction of sp³-hybridized carbons (Fsp3) is 0.182. The first-order chi connectivity index (χ1) is 9.20. The molecule has 0 aliphatic carbocycles. The topological polar surface area (TPSA) is 59.1 Å². The lowest BCUT2D eigenvalue weighted by Gasteiger charge is -2.11. The highest BCUT2D eigenvalue weighted by Gasteiger charge is 2.23. The Labute approximate surface area is 142 Å². The van der Waals surface area contributed by atoms with Crippen LogP contribution in [-0.2, 0) is 10.0 Å². The fourth-order valence-corrected chi connectivity index (χ4v) is 6.30. The molecular formula is C11H9Br2ClN2O2S2. The van der Waals surface area contributed by atoms with Crippen molar-refractivity contribution in [1.29, 1.82) is 0 Å². The van der Waals surface area contributed by atoms with Crippen molar-refractivity contribution >= 4 is 70.5 Å². The maximum absolute atomic E-state index is 12.4. The highest BCUT2D eigenvalue weighted by Crippen LogP contribution is 2.35. The van der Waals surface area contributed by atoms with Gasteiger partial charge >= 0.3 is 0 Å². The number of aryl methyl sites for hydroxylation is 2. The predicted molar refractivity (Wildman–Crippen MR) is 89.2 cm³/mol. The van der Waals surface area contributed by atoms with Gasteiger partial charge in [-0.05, 0) is 63.4 Å². The van der Waals surface area contributed by atoms with Crippen LogP contribution in [0.15, 0.2) is 25.3 Å². The average molecular weight is 461 g/mol. The van der Waals surface area contributed by atoms with Crippen molar-refractivity contribution in [2.24, 2.45) is 0 Å². The number of hydrogen-bond donors (Lipinski definition) is 1. The summed E-state index contributed by atoms with van der Waals surface area (Å²) in [4.78, 5) is 3.92. The zero-order valence-corrected chi connectivity index (χ0v) is 15.9. The fourth-order valence-electron chi connectivity index (χ4n) is 1.58. The van der Waals surface area contributed by atoms with Gasteiger partial charge in [-0.1, -0.05) is 22.9 Å². The lowest BCUT2D eigenvalue weighted by atomic mass is 10.2. The highest BCUT2D eigenvalue weighted by atomic mass is 79.9. The smallest absolute Gasteiger partial charge is 0.273 e. The Kier molecular flexibility index (Phi) is 4.80. The van der Waals surface area contributed by atoms with Gasteiger partial charge in [0, 0.05) is 8.95 Å². The Balaban J connectivity index is 2.46. The molecule has 1 aromatic carbocycles. The van der Waals surface area contributed by atoms with Gasteiger partial charge in [-0.15, -0.1) is 0 Å². The molecule has 108 valence electrons. The van der Waals surface area contributed by atoms with Gasteiger partial charge in [-0.3, -0.25) is 4.72 Å². The molecule has 0 unspecified atom stereocenters. The van der Waals surface area contributed by atoms with Crippen LogP contribution >= 0.6 is 54.8 Å². The van der Waals surface area contributed by atoms with E-state index in [-0.39, 0.29) is 8.68 Å². The normalized spacial score (nSPS) is 11.7. The third-order valence-electron chi connectivity index (χ3n) is 2.39. The lowest BCUT2D eigenvalue weighted by Crippen LogP contribution is -2.13. The van der Waals surface area contributed by atoms with Crippen molar-refractivity contribution in [2.75, 3.05) is 4.72 Å². The van der Waals surface area contributed by atoms with Gasteiger partial charge in [-0.25, -0.2) is 13.4 Å². The van der Waals surface area contributed by atoms with Crippen LogP contribution in [0.3, 0.4) is 0 Å². The van der Waals surface area contributed by atoms with E-state index in [1.807, 2.05) is 19.1 Å². The number of rotatable bonds is 3. The minimum atomic E-state index is -3.72. The largest absolute Gasteiger partial charge is 0.277 e. The minimum Gasteiger partial charge on any atom is -0.277 e. The van der Waals surface area contributed by atoms with Crippen LogP contribution in [0.25, 0.3) is 0 Å². The van der Waals surface area contributed by atoms with E-state index < -0.39 is 10.0 Å². The summed E-state index contributed by atoms with van der Waals surface area (Å²) >= 11 is 13.4. The third kappa shape index (κ3) is 3.36. The first-order valence-electron chi connectivity index (χ1n) is 5.32. The van der Waals surface area contributed by atoms with Gasteiger partial charge in [-0.2, -0.15) is 0 Å². The molecule has 0 fully saturated rings. The molecule has 0 saturated heterocycles. The molecule has 1 aromatic heterocycles. The van der Waals surface area contributed by atoms with Gasteiger partial charge < -0.3 is 0 Å². The molecule has 0 atom stereocenters. The Hall–Kier alpha value is -0.150. The summed E-state index contributed by atoms with van der Waals surface area (Å²) in [6.07, 6.45) is 0. The number of sulfonamides is 1. The van der Waals surface area contributed by atoms with Gasteiger partial charge in [0.2, 0.25) is 0 Å². The Bertz CT molecular complexity index is 752. The van der Waals surface area contributed by atoms with E-state index in [1.165, 1.54) is 0 Å². The number of halogens is 3. The van der Waals surface area contributed by atoms with Crippen molar-refractivity contribution in [2.45, 2.75) is 18.1 Å². The molecule has 0 spiro atoms. The molecule has 0 aliphatic rings.